The molecule has 0 unspecified atom stereocenters. The van der Waals surface area contributed by atoms with Crippen molar-refractivity contribution in [3.8, 4) is 0 Å². The first-order valence-electron chi connectivity index (χ1n) is 5.25. The highest BCUT2D eigenvalue weighted by atomic mass is 16.1. The number of aromatic amines is 1. The number of hydrogen-bond donors (Lipinski definition) is 2. The summed E-state index contributed by atoms with van der Waals surface area (Å²) in [7, 11) is 1.91. The largest absolute Gasteiger partial charge is 0.360 e. The first-order valence-corrected chi connectivity index (χ1v) is 5.25. The van der Waals surface area contributed by atoms with E-state index in [2.05, 4.69) is 4.98 Å². The van der Waals surface area contributed by atoms with Crippen molar-refractivity contribution in [2.75, 3.05) is 25.0 Å². The third kappa shape index (κ3) is 1.92. The van der Waals surface area contributed by atoms with Crippen molar-refractivity contribution in [1.82, 2.24) is 4.98 Å². The molecular weight excluding hydrogens is 202 g/mol. The van der Waals surface area contributed by atoms with Crippen molar-refractivity contribution < 1.29 is 0 Å². The van der Waals surface area contributed by atoms with Crippen LogP contribution in [0.2, 0.25) is 0 Å². The van der Waals surface area contributed by atoms with Gasteiger partial charge >= 0.3 is 0 Å². The number of pyridine rings is 1. The number of aromatic nitrogens is 1. The number of H-pyrrole nitrogens is 1. The lowest BCUT2D eigenvalue weighted by molar-refractivity contribution is 0.867. The molecule has 0 atom stereocenters. The maximum Gasteiger partial charge on any atom is 0.257 e. The van der Waals surface area contributed by atoms with Gasteiger partial charge in [0, 0.05) is 25.5 Å². The highest BCUT2D eigenvalue weighted by Gasteiger charge is 2.04. The maximum absolute atomic E-state index is 11.8. The fraction of sp³-hybridized carbons (Fsp3) is 0.250. The van der Waals surface area contributed by atoms with Crippen LogP contribution in [0.5, 0.6) is 0 Å². The second kappa shape index (κ2) is 4.37. The summed E-state index contributed by atoms with van der Waals surface area (Å²) >= 11 is 0. The Morgan fingerprint density at radius 2 is 2.12 bits per heavy atom. The Labute approximate surface area is 93.7 Å². The summed E-state index contributed by atoms with van der Waals surface area (Å²) in [6, 6.07) is 9.51. The van der Waals surface area contributed by atoms with Crippen LogP contribution >= 0.6 is 0 Å². The third-order valence-electron chi connectivity index (χ3n) is 2.61. The molecule has 2 rings (SSSR count). The zero-order valence-corrected chi connectivity index (χ0v) is 9.23. The summed E-state index contributed by atoms with van der Waals surface area (Å²) in [5, 5.41) is 1.66. The van der Waals surface area contributed by atoms with Crippen LogP contribution in [0.25, 0.3) is 10.8 Å². The molecule has 0 aliphatic rings. The van der Waals surface area contributed by atoms with Crippen molar-refractivity contribution in [2.45, 2.75) is 0 Å². The van der Waals surface area contributed by atoms with E-state index < -0.39 is 0 Å². The number of benzene rings is 1. The topological polar surface area (TPSA) is 62.1 Å². The Kier molecular flexibility index (Phi) is 2.92. The molecule has 2 aromatic rings. The van der Waals surface area contributed by atoms with Gasteiger partial charge in [0.05, 0.1) is 0 Å². The van der Waals surface area contributed by atoms with Gasteiger partial charge in [-0.25, -0.2) is 0 Å². The molecule has 0 amide bonds. The average molecular weight is 217 g/mol. The minimum absolute atomic E-state index is 0.0584. The Bertz CT molecular complexity index is 547. The molecule has 1 aromatic carbocycles. The summed E-state index contributed by atoms with van der Waals surface area (Å²) in [5.41, 5.74) is 5.43. The summed E-state index contributed by atoms with van der Waals surface area (Å²) in [4.78, 5) is 16.6. The number of hydrogen-bond acceptors (Lipinski definition) is 3. The molecule has 0 radical (unpaired) electrons. The van der Waals surface area contributed by atoms with Gasteiger partial charge in [-0.15, -0.1) is 0 Å². The van der Waals surface area contributed by atoms with Crippen LogP contribution in [0.15, 0.2) is 35.1 Å². The van der Waals surface area contributed by atoms with E-state index in [1.807, 2.05) is 42.3 Å². The lowest BCUT2D eigenvalue weighted by Gasteiger charge is -2.17. The lowest BCUT2D eigenvalue weighted by Crippen LogP contribution is -2.27. The Morgan fingerprint density at radius 3 is 2.88 bits per heavy atom. The Balaban J connectivity index is 2.54. The van der Waals surface area contributed by atoms with Gasteiger partial charge in [0.1, 0.15) is 5.82 Å². The van der Waals surface area contributed by atoms with E-state index in [0.29, 0.717) is 18.5 Å². The summed E-state index contributed by atoms with van der Waals surface area (Å²) in [6.45, 7) is 1.28. The normalized spacial score (nSPS) is 10.6. The van der Waals surface area contributed by atoms with E-state index in [-0.39, 0.29) is 5.56 Å². The standard InChI is InChI=1S/C12H15N3O/c1-15(7-6-13)11-8-9-4-2-3-5-10(9)12(16)14-11/h2-5,8H,6-7,13H2,1H3,(H,14,16). The van der Waals surface area contributed by atoms with Crippen molar-refractivity contribution in [3.63, 3.8) is 0 Å². The molecule has 4 nitrogen and oxygen atoms in total. The first-order chi connectivity index (χ1) is 7.72. The van der Waals surface area contributed by atoms with Crippen molar-refractivity contribution in [1.29, 1.82) is 0 Å². The number of fused-ring (bicyclic) bond motifs is 1. The minimum atomic E-state index is -0.0584. The molecule has 0 bridgehead atoms. The molecule has 0 fully saturated rings. The molecule has 0 spiro atoms. The van der Waals surface area contributed by atoms with Gasteiger partial charge in [-0.2, -0.15) is 0 Å². The fourth-order valence-corrected chi connectivity index (χ4v) is 1.72. The lowest BCUT2D eigenvalue weighted by atomic mass is 10.2. The van der Waals surface area contributed by atoms with Gasteiger partial charge in [0.2, 0.25) is 0 Å². The minimum Gasteiger partial charge on any atom is -0.360 e. The van der Waals surface area contributed by atoms with Crippen LogP contribution in [-0.4, -0.2) is 25.1 Å². The molecule has 16 heavy (non-hydrogen) atoms. The average Bonchev–Trinajstić information content (AvgIpc) is 2.29. The van der Waals surface area contributed by atoms with E-state index in [4.69, 9.17) is 5.73 Å². The summed E-state index contributed by atoms with van der Waals surface area (Å²) in [5.74, 6) is 0.800. The highest BCUT2D eigenvalue weighted by molar-refractivity contribution is 5.83. The molecule has 3 N–H and O–H groups in total. The van der Waals surface area contributed by atoms with Gasteiger partial charge in [-0.05, 0) is 17.5 Å². The number of anilines is 1. The van der Waals surface area contributed by atoms with Crippen LogP contribution in [0.3, 0.4) is 0 Å². The molecule has 0 saturated carbocycles. The SMILES string of the molecule is CN(CCN)c1cc2ccccc2c(=O)[nH]1. The second-order valence-electron chi connectivity index (χ2n) is 3.78. The molecule has 0 saturated heterocycles. The molecule has 4 heteroatoms. The molecule has 0 aliphatic heterocycles. The van der Waals surface area contributed by atoms with Gasteiger partial charge < -0.3 is 15.6 Å². The molecule has 1 heterocycles. The van der Waals surface area contributed by atoms with Crippen molar-refractivity contribution in [2.24, 2.45) is 5.73 Å². The van der Waals surface area contributed by atoms with E-state index in [0.717, 1.165) is 11.2 Å². The predicted molar refractivity (Wildman–Crippen MR) is 66.9 cm³/mol. The van der Waals surface area contributed by atoms with Crippen molar-refractivity contribution in [3.05, 3.63) is 40.7 Å². The number of rotatable bonds is 3. The molecule has 0 aliphatic carbocycles. The van der Waals surface area contributed by atoms with E-state index in [9.17, 15) is 4.79 Å². The van der Waals surface area contributed by atoms with Crippen LogP contribution in [-0.2, 0) is 0 Å². The second-order valence-corrected chi connectivity index (χ2v) is 3.78. The van der Waals surface area contributed by atoms with Crippen LogP contribution in [0.1, 0.15) is 0 Å². The summed E-state index contributed by atoms with van der Waals surface area (Å²) < 4.78 is 0. The first kappa shape index (κ1) is 10.7. The van der Waals surface area contributed by atoms with E-state index >= 15 is 0 Å². The molecule has 84 valence electrons. The Morgan fingerprint density at radius 1 is 1.38 bits per heavy atom. The van der Waals surface area contributed by atoms with Crippen LogP contribution < -0.4 is 16.2 Å². The van der Waals surface area contributed by atoms with Gasteiger partial charge in [0.25, 0.3) is 5.56 Å². The smallest absolute Gasteiger partial charge is 0.257 e. The number of nitrogens with one attached hydrogen (secondary N) is 1. The van der Waals surface area contributed by atoms with Crippen molar-refractivity contribution >= 4 is 16.6 Å². The zero-order valence-electron chi connectivity index (χ0n) is 9.23. The fourth-order valence-electron chi connectivity index (χ4n) is 1.72. The number of nitrogens with zero attached hydrogens (tertiary/aromatic N) is 1. The number of nitrogens with two attached hydrogens (primary N) is 1. The maximum atomic E-state index is 11.8. The van der Waals surface area contributed by atoms with Gasteiger partial charge in [-0.1, -0.05) is 18.2 Å². The Hall–Kier alpha value is -1.81. The van der Waals surface area contributed by atoms with Crippen LogP contribution in [0, 0.1) is 0 Å². The van der Waals surface area contributed by atoms with E-state index in [1.54, 1.807) is 0 Å². The summed E-state index contributed by atoms with van der Waals surface area (Å²) in [6.07, 6.45) is 0. The van der Waals surface area contributed by atoms with Gasteiger partial charge in [0.15, 0.2) is 0 Å². The molecular formula is C12H15N3O. The van der Waals surface area contributed by atoms with Gasteiger partial charge in [-0.3, -0.25) is 4.79 Å². The third-order valence-corrected chi connectivity index (χ3v) is 2.61. The highest BCUT2D eigenvalue weighted by Crippen LogP contribution is 2.14. The van der Waals surface area contributed by atoms with Crippen LogP contribution in [0.4, 0.5) is 5.82 Å². The predicted octanol–water partition coefficient (Wildman–Crippen LogP) is 0.923. The zero-order chi connectivity index (χ0) is 11.5. The quantitative estimate of drug-likeness (QED) is 0.803. The number of likely N-dealkylation sites (N-methyl/N-ethyl adjacent to an activating group) is 1. The molecule has 1 aromatic heterocycles. The monoisotopic (exact) mass is 217 g/mol. The van der Waals surface area contributed by atoms with E-state index in [1.165, 1.54) is 0 Å².